The Morgan fingerprint density at radius 1 is 0.931 bits per heavy atom. The lowest BCUT2D eigenvalue weighted by atomic mass is 10.1. The van der Waals surface area contributed by atoms with Crippen molar-refractivity contribution in [2.45, 2.75) is 24.2 Å². The van der Waals surface area contributed by atoms with E-state index in [4.69, 9.17) is 0 Å². The number of phenols is 1. The van der Waals surface area contributed by atoms with Crippen LogP contribution >= 0.6 is 0 Å². The fraction of sp³-hybridized carbons (Fsp3) is 0.182. The summed E-state index contributed by atoms with van der Waals surface area (Å²) in [6.45, 7) is 1.95. The molecule has 0 aliphatic carbocycles. The molecule has 0 amide bonds. The first-order valence-corrected chi connectivity index (χ1v) is 12.0. The average molecular weight is 433 g/mol. The van der Waals surface area contributed by atoms with Gasteiger partial charge in [-0.2, -0.15) is 0 Å². The normalized spacial score (nSPS) is 12.0. The topological polar surface area (TPSA) is 86.7 Å². The van der Waals surface area contributed by atoms with E-state index >= 15 is 0 Å². The smallest absolute Gasteiger partial charge is 0.217 e. The Bertz CT molecular complexity index is 987. The summed E-state index contributed by atoms with van der Waals surface area (Å²) in [4.78, 5) is 1.30. The van der Waals surface area contributed by atoms with Crippen LogP contribution in [0.1, 0.15) is 16.7 Å². The number of aryl methyl sites for hydroxylation is 1. The molecule has 3 aromatic carbocycles. The third kappa shape index (κ3) is 8.70. The van der Waals surface area contributed by atoms with E-state index < -0.39 is 10.4 Å². The van der Waals surface area contributed by atoms with Gasteiger partial charge in [0.05, 0.1) is 6.61 Å². The van der Waals surface area contributed by atoms with Crippen molar-refractivity contribution in [1.82, 2.24) is 0 Å². The Labute approximate surface area is 175 Å². The van der Waals surface area contributed by atoms with Gasteiger partial charge in [0.1, 0.15) is 17.8 Å². The highest BCUT2D eigenvalue weighted by Gasteiger charge is 2.16. The standard InChI is InChI=1S/C15H16OS.C7H8O4S/c1-12-5-3-4-6-13(12)11-17(2)15-9-7-14(16)8-10-15;8-12(9,10)11-6-7-4-2-1-3-5-7/h3-10H,11H2,1-2H3;1-5H,6H2,(H,8,9,10). The summed E-state index contributed by atoms with van der Waals surface area (Å²) in [6.07, 6.45) is 2.25. The zero-order chi connectivity index (χ0) is 21.3. The molecule has 0 aliphatic heterocycles. The number of rotatable bonds is 6. The van der Waals surface area contributed by atoms with Crippen LogP contribution in [0, 0.1) is 6.92 Å². The molecule has 5 nitrogen and oxygen atoms in total. The van der Waals surface area contributed by atoms with Crippen molar-refractivity contribution < 1.29 is 22.3 Å². The molecule has 7 heteroatoms. The van der Waals surface area contributed by atoms with Gasteiger partial charge < -0.3 is 9.66 Å². The quantitative estimate of drug-likeness (QED) is 0.359. The van der Waals surface area contributed by atoms with Crippen molar-refractivity contribution in [1.29, 1.82) is 0 Å². The van der Waals surface area contributed by atoms with Crippen LogP contribution in [0.2, 0.25) is 0 Å². The predicted molar refractivity (Wildman–Crippen MR) is 115 cm³/mol. The van der Waals surface area contributed by atoms with Crippen LogP contribution in [0.5, 0.6) is 5.75 Å². The lowest BCUT2D eigenvalue weighted by molar-refractivity contribution is 0.253. The first kappa shape index (κ1) is 23.0. The summed E-state index contributed by atoms with van der Waals surface area (Å²) < 4.78 is 34.1. The molecule has 3 aromatic rings. The summed E-state index contributed by atoms with van der Waals surface area (Å²) in [7, 11) is -4.39. The summed E-state index contributed by atoms with van der Waals surface area (Å²) in [5, 5.41) is 9.28. The van der Waals surface area contributed by atoms with E-state index in [2.05, 4.69) is 41.6 Å². The van der Waals surface area contributed by atoms with E-state index in [1.54, 1.807) is 42.5 Å². The molecule has 29 heavy (non-hydrogen) atoms. The van der Waals surface area contributed by atoms with Crippen molar-refractivity contribution in [3.63, 3.8) is 0 Å². The maximum Gasteiger partial charge on any atom is 0.217 e. The van der Waals surface area contributed by atoms with E-state index in [1.165, 1.54) is 16.0 Å². The molecule has 0 bridgehead atoms. The molecule has 0 aromatic heterocycles. The zero-order valence-electron chi connectivity index (χ0n) is 16.3. The van der Waals surface area contributed by atoms with Crippen LogP contribution in [0.15, 0.2) is 83.8 Å². The maximum atomic E-state index is 10.0. The molecule has 1 atom stereocenters. The number of aromatic hydroxyl groups is 1. The molecular weight excluding hydrogens is 408 g/mol. The maximum absolute atomic E-state index is 10.0. The Morgan fingerprint density at radius 3 is 2.10 bits per heavy atom. The first-order chi connectivity index (χ1) is 13.7. The monoisotopic (exact) mass is 432 g/mol. The van der Waals surface area contributed by atoms with Gasteiger partial charge in [-0.05, 0) is 42.3 Å². The molecule has 1 unspecified atom stereocenters. The summed E-state index contributed by atoms with van der Waals surface area (Å²) in [5.74, 6) is 1.40. The molecule has 0 aliphatic rings. The van der Waals surface area contributed by atoms with Gasteiger partial charge in [0, 0.05) is 16.5 Å². The fourth-order valence-corrected chi connectivity index (χ4v) is 4.32. The molecule has 0 spiro atoms. The first-order valence-electron chi connectivity index (χ1n) is 8.85. The Kier molecular flexibility index (Phi) is 8.72. The second-order valence-electron chi connectivity index (χ2n) is 6.36. The van der Waals surface area contributed by atoms with Crippen LogP contribution in [0.3, 0.4) is 0 Å². The highest BCUT2D eigenvalue weighted by molar-refractivity contribution is 7.95. The van der Waals surface area contributed by atoms with Crippen molar-refractivity contribution in [2.75, 3.05) is 6.26 Å². The van der Waals surface area contributed by atoms with Crippen LogP contribution in [-0.4, -0.2) is 24.3 Å². The summed E-state index contributed by atoms with van der Waals surface area (Å²) >= 11 is 0. The third-order valence-corrected chi connectivity index (χ3v) is 6.31. The molecule has 0 radical (unpaired) electrons. The fourth-order valence-electron chi connectivity index (χ4n) is 2.48. The lowest BCUT2D eigenvalue weighted by Gasteiger charge is -2.06. The highest BCUT2D eigenvalue weighted by atomic mass is 32.3. The van der Waals surface area contributed by atoms with Gasteiger partial charge in [-0.25, -0.2) is 8.42 Å². The summed E-state index contributed by atoms with van der Waals surface area (Å²) in [6, 6.07) is 24.7. The lowest BCUT2D eigenvalue weighted by Crippen LogP contribution is -2.04. The average Bonchev–Trinajstić information content (AvgIpc) is 2.69. The third-order valence-electron chi connectivity index (χ3n) is 4.09. The van der Waals surface area contributed by atoms with Gasteiger partial charge in [-0.15, -0.1) is 0 Å². The Balaban J connectivity index is 0.000000221. The van der Waals surface area contributed by atoms with Gasteiger partial charge in [-0.1, -0.05) is 54.6 Å². The van der Waals surface area contributed by atoms with Crippen molar-refractivity contribution in [3.8, 4) is 5.75 Å². The largest absolute Gasteiger partial charge is 0.726 e. The second kappa shape index (κ2) is 11.0. The number of hydrogen-bond acceptors (Lipinski definition) is 5. The van der Waals surface area contributed by atoms with E-state index in [-0.39, 0.29) is 17.5 Å². The van der Waals surface area contributed by atoms with Crippen molar-refractivity contribution >= 4 is 21.3 Å². The zero-order valence-corrected chi connectivity index (χ0v) is 17.9. The van der Waals surface area contributed by atoms with Gasteiger partial charge in [0.25, 0.3) is 0 Å². The van der Waals surface area contributed by atoms with Gasteiger partial charge in [0.15, 0.2) is 4.90 Å². The SMILES string of the molecule is Cc1ccccc1C[S+](C)c1ccc(O)cc1.O=S(=O)([O-])OCc1ccccc1. The minimum atomic E-state index is -4.57. The van der Waals surface area contributed by atoms with Crippen molar-refractivity contribution in [3.05, 3.63) is 95.6 Å². The summed E-state index contributed by atoms with van der Waals surface area (Å²) in [5.41, 5.74) is 3.41. The number of hydrogen-bond donors (Lipinski definition) is 1. The minimum absolute atomic E-state index is 0.186. The van der Waals surface area contributed by atoms with E-state index in [9.17, 15) is 18.1 Å². The van der Waals surface area contributed by atoms with Crippen molar-refractivity contribution in [2.24, 2.45) is 0 Å². The highest BCUT2D eigenvalue weighted by Crippen LogP contribution is 2.20. The molecule has 0 saturated heterocycles. The van der Waals surface area contributed by atoms with Crippen LogP contribution < -0.4 is 0 Å². The number of benzene rings is 3. The minimum Gasteiger partial charge on any atom is -0.726 e. The molecule has 3 rings (SSSR count). The van der Waals surface area contributed by atoms with E-state index in [0.29, 0.717) is 11.3 Å². The van der Waals surface area contributed by atoms with E-state index in [1.807, 2.05) is 12.1 Å². The second-order valence-corrected chi connectivity index (χ2v) is 9.44. The van der Waals surface area contributed by atoms with Crippen LogP contribution in [0.4, 0.5) is 0 Å². The Morgan fingerprint density at radius 2 is 1.52 bits per heavy atom. The molecule has 1 N–H and O–H groups in total. The van der Waals surface area contributed by atoms with Gasteiger partial charge in [0.2, 0.25) is 10.4 Å². The molecule has 154 valence electrons. The molecular formula is C22H24O5S2. The van der Waals surface area contributed by atoms with Crippen LogP contribution in [0.25, 0.3) is 0 Å². The molecule has 0 fully saturated rings. The van der Waals surface area contributed by atoms with Gasteiger partial charge >= 0.3 is 0 Å². The molecule has 0 saturated carbocycles. The van der Waals surface area contributed by atoms with Gasteiger partial charge in [-0.3, -0.25) is 4.18 Å². The predicted octanol–water partition coefficient (Wildman–Crippen LogP) is 4.17. The van der Waals surface area contributed by atoms with Crippen LogP contribution in [-0.2, 0) is 37.8 Å². The molecule has 0 heterocycles. The number of phenolic OH excluding ortho intramolecular Hbond substituents is 1. The Hall–Kier alpha value is -2.32. The van der Waals surface area contributed by atoms with E-state index in [0.717, 1.165) is 5.75 Å².